The van der Waals surface area contributed by atoms with Crippen molar-refractivity contribution in [3.05, 3.63) is 47.9 Å². The summed E-state index contributed by atoms with van der Waals surface area (Å²) >= 11 is 0. The number of carboxylic acids is 1. The Kier molecular flexibility index (Phi) is 4.03. The van der Waals surface area contributed by atoms with Gasteiger partial charge < -0.3 is 20.2 Å². The lowest BCUT2D eigenvalue weighted by Crippen LogP contribution is -2.21. The molecule has 0 bridgehead atoms. The van der Waals surface area contributed by atoms with Gasteiger partial charge in [0, 0.05) is 11.4 Å². The van der Waals surface area contributed by atoms with Crippen LogP contribution >= 0.6 is 0 Å². The number of carbonyl (C=O) groups is 3. The first-order valence-electron chi connectivity index (χ1n) is 5.98. The Morgan fingerprint density at radius 1 is 0.952 bits per heavy atom. The van der Waals surface area contributed by atoms with Crippen molar-refractivity contribution in [2.75, 3.05) is 10.6 Å². The number of benzene rings is 1. The van der Waals surface area contributed by atoms with Crippen molar-refractivity contribution in [2.45, 2.75) is 6.92 Å². The van der Waals surface area contributed by atoms with E-state index in [4.69, 9.17) is 9.52 Å². The molecular weight excluding hydrogens is 276 g/mol. The molecule has 0 saturated carbocycles. The monoisotopic (exact) mass is 288 g/mol. The van der Waals surface area contributed by atoms with Gasteiger partial charge in [0.25, 0.3) is 5.91 Å². The molecule has 0 saturated heterocycles. The van der Waals surface area contributed by atoms with Crippen LogP contribution in [0, 0.1) is 6.92 Å². The van der Waals surface area contributed by atoms with Gasteiger partial charge in [-0.25, -0.2) is 4.79 Å². The van der Waals surface area contributed by atoms with E-state index in [-0.39, 0.29) is 5.76 Å². The number of hydrogen-bond acceptors (Lipinski definition) is 4. The lowest BCUT2D eigenvalue weighted by molar-refractivity contribution is -0.147. The maximum absolute atomic E-state index is 11.8. The fourth-order valence-electron chi connectivity index (χ4n) is 1.57. The zero-order valence-corrected chi connectivity index (χ0v) is 11.0. The second kappa shape index (κ2) is 5.91. The Balaban J connectivity index is 2.01. The molecule has 1 heterocycles. The van der Waals surface area contributed by atoms with E-state index in [9.17, 15) is 14.4 Å². The molecule has 21 heavy (non-hydrogen) atoms. The standard InChI is InChI=1S/C14H12N2O5/c1-8-2-7-11(21-8)12(17)15-9-3-5-10(6-4-9)16-13(18)14(19)20/h2-7H,1H3,(H,15,17)(H,16,18)(H,19,20). The molecule has 1 aromatic carbocycles. The van der Waals surface area contributed by atoms with Gasteiger partial charge in [-0.3, -0.25) is 9.59 Å². The third-order valence-corrected chi connectivity index (χ3v) is 2.56. The summed E-state index contributed by atoms with van der Waals surface area (Å²) in [5.41, 5.74) is 0.802. The van der Waals surface area contributed by atoms with E-state index >= 15 is 0 Å². The number of aryl methyl sites for hydroxylation is 1. The largest absolute Gasteiger partial charge is 0.474 e. The minimum absolute atomic E-state index is 0.191. The van der Waals surface area contributed by atoms with E-state index in [2.05, 4.69) is 10.6 Å². The van der Waals surface area contributed by atoms with Gasteiger partial charge in [0.05, 0.1) is 0 Å². The fourth-order valence-corrected chi connectivity index (χ4v) is 1.57. The highest BCUT2D eigenvalue weighted by Crippen LogP contribution is 2.15. The number of carbonyl (C=O) groups excluding carboxylic acids is 2. The second-order valence-electron chi connectivity index (χ2n) is 4.20. The molecule has 2 rings (SSSR count). The van der Waals surface area contributed by atoms with Crippen molar-refractivity contribution >= 4 is 29.2 Å². The van der Waals surface area contributed by atoms with Crippen LogP contribution in [0.1, 0.15) is 16.3 Å². The number of rotatable bonds is 3. The molecule has 3 N–H and O–H groups in total. The van der Waals surface area contributed by atoms with Gasteiger partial charge in [-0.15, -0.1) is 0 Å². The van der Waals surface area contributed by atoms with E-state index in [0.29, 0.717) is 17.1 Å². The van der Waals surface area contributed by atoms with Crippen LogP contribution in [-0.2, 0) is 9.59 Å². The molecule has 0 aliphatic rings. The Morgan fingerprint density at radius 2 is 1.52 bits per heavy atom. The molecule has 7 heteroatoms. The molecule has 0 fully saturated rings. The summed E-state index contributed by atoms with van der Waals surface area (Å²) in [5, 5.41) is 13.3. The van der Waals surface area contributed by atoms with Crippen LogP contribution in [0.15, 0.2) is 40.8 Å². The number of nitrogens with one attached hydrogen (secondary N) is 2. The summed E-state index contributed by atoms with van der Waals surface area (Å²) in [6, 6.07) is 9.26. The van der Waals surface area contributed by atoms with Crippen LogP contribution in [0.4, 0.5) is 11.4 Å². The first-order chi connectivity index (χ1) is 9.95. The normalized spacial score (nSPS) is 9.95. The minimum atomic E-state index is -1.57. The van der Waals surface area contributed by atoms with Gasteiger partial charge in [-0.1, -0.05) is 0 Å². The Morgan fingerprint density at radius 3 is 2.00 bits per heavy atom. The smallest absolute Gasteiger partial charge is 0.394 e. The average molecular weight is 288 g/mol. The maximum Gasteiger partial charge on any atom is 0.394 e. The number of hydrogen-bond donors (Lipinski definition) is 3. The van der Waals surface area contributed by atoms with Crippen molar-refractivity contribution in [2.24, 2.45) is 0 Å². The molecule has 0 atom stereocenters. The maximum atomic E-state index is 11.8. The topological polar surface area (TPSA) is 109 Å². The van der Waals surface area contributed by atoms with E-state index in [1.54, 1.807) is 19.1 Å². The summed E-state index contributed by atoms with van der Waals surface area (Å²) in [4.78, 5) is 33.2. The van der Waals surface area contributed by atoms with Crippen molar-refractivity contribution in [3.8, 4) is 0 Å². The van der Waals surface area contributed by atoms with Crippen LogP contribution in [0.25, 0.3) is 0 Å². The van der Waals surface area contributed by atoms with Gasteiger partial charge in [0.1, 0.15) is 5.76 Å². The van der Waals surface area contributed by atoms with E-state index in [0.717, 1.165) is 0 Å². The molecule has 2 amide bonds. The molecule has 0 spiro atoms. The lowest BCUT2D eigenvalue weighted by atomic mass is 10.2. The Bertz CT molecular complexity index is 688. The summed E-state index contributed by atoms with van der Waals surface area (Å²) < 4.78 is 5.19. The summed E-state index contributed by atoms with van der Waals surface area (Å²) in [5.74, 6) is -2.27. The SMILES string of the molecule is Cc1ccc(C(=O)Nc2ccc(NC(=O)C(=O)O)cc2)o1. The number of furan rings is 1. The van der Waals surface area contributed by atoms with Crippen molar-refractivity contribution in [1.29, 1.82) is 0 Å². The van der Waals surface area contributed by atoms with Crippen molar-refractivity contribution in [1.82, 2.24) is 0 Å². The zero-order valence-electron chi connectivity index (χ0n) is 11.0. The lowest BCUT2D eigenvalue weighted by Gasteiger charge is -2.05. The Hall–Kier alpha value is -3.09. The summed E-state index contributed by atoms with van der Waals surface area (Å²) in [6.07, 6.45) is 0. The van der Waals surface area contributed by atoms with Gasteiger partial charge >= 0.3 is 11.9 Å². The van der Waals surface area contributed by atoms with Crippen LogP contribution in [0.3, 0.4) is 0 Å². The molecular formula is C14H12N2O5. The number of amides is 2. The van der Waals surface area contributed by atoms with E-state index < -0.39 is 17.8 Å². The molecule has 1 aromatic heterocycles. The molecule has 7 nitrogen and oxygen atoms in total. The third-order valence-electron chi connectivity index (χ3n) is 2.56. The molecule has 0 unspecified atom stereocenters. The average Bonchev–Trinajstić information content (AvgIpc) is 2.87. The molecule has 0 aliphatic heterocycles. The second-order valence-corrected chi connectivity index (χ2v) is 4.20. The van der Waals surface area contributed by atoms with Crippen LogP contribution < -0.4 is 10.6 Å². The highest BCUT2D eigenvalue weighted by molar-refractivity contribution is 6.36. The van der Waals surface area contributed by atoms with Gasteiger partial charge in [-0.05, 0) is 43.3 Å². The van der Waals surface area contributed by atoms with Crippen LogP contribution in [-0.4, -0.2) is 22.9 Å². The van der Waals surface area contributed by atoms with Gasteiger partial charge in [-0.2, -0.15) is 0 Å². The number of aliphatic carboxylic acids is 1. The van der Waals surface area contributed by atoms with E-state index in [1.165, 1.54) is 24.3 Å². The van der Waals surface area contributed by atoms with Crippen LogP contribution in [0.2, 0.25) is 0 Å². The van der Waals surface area contributed by atoms with E-state index in [1.807, 2.05) is 0 Å². The first-order valence-corrected chi connectivity index (χ1v) is 5.98. The highest BCUT2D eigenvalue weighted by atomic mass is 16.4. The number of anilines is 2. The van der Waals surface area contributed by atoms with Gasteiger partial charge in [0.2, 0.25) is 0 Å². The molecule has 0 aliphatic carbocycles. The quantitative estimate of drug-likeness (QED) is 0.747. The third kappa shape index (κ3) is 3.69. The number of carboxylic acid groups (broad SMARTS) is 1. The predicted octanol–water partition coefficient (Wildman–Crippen LogP) is 1.86. The van der Waals surface area contributed by atoms with Crippen molar-refractivity contribution < 1.29 is 23.9 Å². The fraction of sp³-hybridized carbons (Fsp3) is 0.0714. The molecule has 0 radical (unpaired) electrons. The summed E-state index contributed by atoms with van der Waals surface area (Å²) in [6.45, 7) is 1.73. The molecule has 2 aromatic rings. The first kappa shape index (κ1) is 14.3. The van der Waals surface area contributed by atoms with Crippen molar-refractivity contribution in [3.63, 3.8) is 0 Å². The zero-order chi connectivity index (χ0) is 15.4. The summed E-state index contributed by atoms with van der Waals surface area (Å²) in [7, 11) is 0. The van der Waals surface area contributed by atoms with Crippen LogP contribution in [0.5, 0.6) is 0 Å². The molecule has 108 valence electrons. The Labute approximate surface area is 119 Å². The minimum Gasteiger partial charge on any atom is -0.474 e. The highest BCUT2D eigenvalue weighted by Gasteiger charge is 2.12. The predicted molar refractivity (Wildman–Crippen MR) is 74.1 cm³/mol. The van der Waals surface area contributed by atoms with Gasteiger partial charge in [0.15, 0.2) is 5.76 Å².